The van der Waals surface area contributed by atoms with Gasteiger partial charge in [0.05, 0.1) is 27.7 Å². The minimum Gasteiger partial charge on any atom is -0.363 e. The Morgan fingerprint density at radius 1 is 1.16 bits per heavy atom. The predicted molar refractivity (Wildman–Crippen MR) is 112 cm³/mol. The Morgan fingerprint density at radius 2 is 1.84 bits per heavy atom. The standard InChI is InChI=1S/C20H20ClF3N4O3/c1-13-2-4-16(15(21)10-13)25-19(29)12-26-6-8-27(9-7-26)17-5-3-14(20(22,23)24)11-18(17)28(30)31/h2-5,10-11H,6-9,12H2,1H3,(H,25,29). The van der Waals surface area contributed by atoms with Gasteiger partial charge in [-0.1, -0.05) is 17.7 Å². The number of benzene rings is 2. The summed E-state index contributed by atoms with van der Waals surface area (Å²) in [6, 6.07) is 7.82. The number of rotatable bonds is 5. The molecule has 0 aromatic heterocycles. The molecule has 3 rings (SSSR count). The maximum Gasteiger partial charge on any atom is 0.416 e. The Hall–Kier alpha value is -2.85. The quantitative estimate of drug-likeness (QED) is 0.535. The van der Waals surface area contributed by atoms with Gasteiger partial charge in [0.2, 0.25) is 5.91 Å². The number of nitro groups is 1. The molecule has 1 fully saturated rings. The summed E-state index contributed by atoms with van der Waals surface area (Å²) in [6.45, 7) is 3.51. The summed E-state index contributed by atoms with van der Waals surface area (Å²) in [5.74, 6) is -0.250. The van der Waals surface area contributed by atoms with Gasteiger partial charge in [-0.3, -0.25) is 19.8 Å². The lowest BCUT2D eigenvalue weighted by Crippen LogP contribution is -2.48. The number of carbonyl (C=O) groups is 1. The first-order valence-corrected chi connectivity index (χ1v) is 9.81. The summed E-state index contributed by atoms with van der Waals surface area (Å²) in [4.78, 5) is 26.3. The van der Waals surface area contributed by atoms with Crippen molar-refractivity contribution in [1.82, 2.24) is 4.90 Å². The number of nitro benzene ring substituents is 1. The van der Waals surface area contributed by atoms with Crippen molar-refractivity contribution in [3.8, 4) is 0 Å². The zero-order valence-electron chi connectivity index (χ0n) is 16.6. The van der Waals surface area contributed by atoms with E-state index in [-0.39, 0.29) is 18.1 Å². The molecular formula is C20H20ClF3N4O3. The zero-order chi connectivity index (χ0) is 22.8. The van der Waals surface area contributed by atoms with E-state index in [9.17, 15) is 28.1 Å². The Bertz CT molecular complexity index is 992. The highest BCUT2D eigenvalue weighted by molar-refractivity contribution is 6.33. The van der Waals surface area contributed by atoms with Gasteiger partial charge in [-0.2, -0.15) is 13.2 Å². The smallest absolute Gasteiger partial charge is 0.363 e. The molecule has 11 heteroatoms. The molecule has 1 amide bonds. The number of aryl methyl sites for hydroxylation is 1. The minimum atomic E-state index is -4.66. The number of hydrogen-bond acceptors (Lipinski definition) is 5. The van der Waals surface area contributed by atoms with Crippen LogP contribution in [0, 0.1) is 17.0 Å². The SMILES string of the molecule is Cc1ccc(NC(=O)CN2CCN(c3ccc(C(F)(F)F)cc3[N+](=O)[O-])CC2)c(Cl)c1. The Morgan fingerprint density at radius 3 is 2.42 bits per heavy atom. The van der Waals surface area contributed by atoms with Crippen LogP contribution in [-0.4, -0.2) is 48.5 Å². The second kappa shape index (κ2) is 9.11. The topological polar surface area (TPSA) is 78.7 Å². The van der Waals surface area contributed by atoms with Crippen molar-refractivity contribution in [1.29, 1.82) is 0 Å². The largest absolute Gasteiger partial charge is 0.416 e. The van der Waals surface area contributed by atoms with Crippen LogP contribution in [0.4, 0.5) is 30.2 Å². The van der Waals surface area contributed by atoms with Crippen LogP contribution in [0.2, 0.25) is 5.02 Å². The lowest BCUT2D eigenvalue weighted by atomic mass is 10.1. The average Bonchev–Trinajstić information content (AvgIpc) is 2.69. The Labute approximate surface area is 181 Å². The first-order valence-electron chi connectivity index (χ1n) is 9.43. The second-order valence-corrected chi connectivity index (χ2v) is 7.66. The van der Waals surface area contributed by atoms with E-state index in [0.717, 1.165) is 17.7 Å². The zero-order valence-corrected chi connectivity index (χ0v) is 17.3. The normalized spacial score (nSPS) is 15.1. The number of anilines is 2. The van der Waals surface area contributed by atoms with Crippen LogP contribution in [0.3, 0.4) is 0 Å². The molecule has 2 aromatic rings. The van der Waals surface area contributed by atoms with Gasteiger partial charge in [0.15, 0.2) is 0 Å². The fourth-order valence-electron chi connectivity index (χ4n) is 3.37. The molecule has 0 atom stereocenters. The molecule has 0 spiro atoms. The fraction of sp³-hybridized carbons (Fsp3) is 0.350. The molecule has 0 radical (unpaired) electrons. The molecule has 1 N–H and O–H groups in total. The van der Waals surface area contributed by atoms with Crippen LogP contribution in [0.1, 0.15) is 11.1 Å². The monoisotopic (exact) mass is 456 g/mol. The molecule has 166 valence electrons. The van der Waals surface area contributed by atoms with Crippen molar-refractivity contribution < 1.29 is 22.9 Å². The summed E-state index contributed by atoms with van der Waals surface area (Å²) in [6.07, 6.45) is -4.66. The number of carbonyl (C=O) groups excluding carboxylic acids is 1. The lowest BCUT2D eigenvalue weighted by molar-refractivity contribution is -0.384. The van der Waals surface area contributed by atoms with Gasteiger partial charge in [0.1, 0.15) is 5.69 Å². The van der Waals surface area contributed by atoms with Gasteiger partial charge in [-0.05, 0) is 36.8 Å². The van der Waals surface area contributed by atoms with E-state index in [1.54, 1.807) is 17.0 Å². The molecule has 0 bridgehead atoms. The number of halogens is 4. The molecule has 1 heterocycles. The van der Waals surface area contributed by atoms with Gasteiger partial charge in [0.25, 0.3) is 5.69 Å². The highest BCUT2D eigenvalue weighted by Crippen LogP contribution is 2.36. The van der Waals surface area contributed by atoms with Crippen molar-refractivity contribution in [2.45, 2.75) is 13.1 Å². The Kier molecular flexibility index (Phi) is 6.71. The van der Waals surface area contributed by atoms with Crippen LogP contribution in [0.25, 0.3) is 0 Å². The van der Waals surface area contributed by atoms with Crippen molar-refractivity contribution >= 4 is 34.6 Å². The average molecular weight is 457 g/mol. The highest BCUT2D eigenvalue weighted by Gasteiger charge is 2.34. The van der Waals surface area contributed by atoms with Gasteiger partial charge in [-0.15, -0.1) is 0 Å². The number of amides is 1. The predicted octanol–water partition coefficient (Wildman–Crippen LogP) is 4.34. The molecule has 2 aromatic carbocycles. The summed E-state index contributed by atoms with van der Waals surface area (Å²) >= 11 is 6.12. The molecule has 1 aliphatic rings. The molecular weight excluding hydrogens is 437 g/mol. The van der Waals surface area contributed by atoms with E-state index in [0.29, 0.717) is 43.0 Å². The van der Waals surface area contributed by atoms with E-state index in [4.69, 9.17) is 11.6 Å². The summed E-state index contributed by atoms with van der Waals surface area (Å²) in [5.41, 5.74) is -0.0376. The fourth-order valence-corrected chi connectivity index (χ4v) is 3.66. The molecule has 1 aliphatic heterocycles. The van der Waals surface area contributed by atoms with Crippen LogP contribution in [0.5, 0.6) is 0 Å². The van der Waals surface area contributed by atoms with Crippen molar-refractivity contribution in [2.24, 2.45) is 0 Å². The molecule has 0 unspecified atom stereocenters. The molecule has 7 nitrogen and oxygen atoms in total. The maximum atomic E-state index is 12.9. The number of nitrogens with one attached hydrogen (secondary N) is 1. The first-order chi connectivity index (χ1) is 14.5. The summed E-state index contributed by atoms with van der Waals surface area (Å²) in [5, 5.41) is 14.5. The third-order valence-electron chi connectivity index (χ3n) is 4.98. The minimum absolute atomic E-state index is 0.104. The number of hydrogen-bond donors (Lipinski definition) is 1. The molecule has 0 aliphatic carbocycles. The Balaban J connectivity index is 1.61. The third-order valence-corrected chi connectivity index (χ3v) is 5.29. The van der Waals surface area contributed by atoms with Gasteiger partial charge < -0.3 is 10.2 Å². The van der Waals surface area contributed by atoms with E-state index in [1.165, 1.54) is 0 Å². The van der Waals surface area contributed by atoms with Gasteiger partial charge in [-0.25, -0.2) is 0 Å². The first kappa shape index (κ1) is 22.8. The number of alkyl halides is 3. The lowest BCUT2D eigenvalue weighted by Gasteiger charge is -2.35. The van der Waals surface area contributed by atoms with Crippen molar-refractivity contribution in [3.63, 3.8) is 0 Å². The highest BCUT2D eigenvalue weighted by atomic mass is 35.5. The van der Waals surface area contributed by atoms with Gasteiger partial charge >= 0.3 is 6.18 Å². The van der Waals surface area contributed by atoms with E-state index in [2.05, 4.69) is 5.32 Å². The van der Waals surface area contributed by atoms with Crippen molar-refractivity contribution in [3.05, 3.63) is 62.7 Å². The van der Waals surface area contributed by atoms with Crippen molar-refractivity contribution in [2.75, 3.05) is 42.9 Å². The van der Waals surface area contributed by atoms with Crippen LogP contribution in [0.15, 0.2) is 36.4 Å². The molecule has 1 saturated heterocycles. The number of nitrogens with zero attached hydrogens (tertiary/aromatic N) is 3. The van der Waals surface area contributed by atoms with Crippen LogP contribution in [-0.2, 0) is 11.0 Å². The summed E-state index contributed by atoms with van der Waals surface area (Å²) in [7, 11) is 0. The maximum absolute atomic E-state index is 12.9. The molecule has 31 heavy (non-hydrogen) atoms. The van der Waals surface area contributed by atoms with Crippen LogP contribution < -0.4 is 10.2 Å². The van der Waals surface area contributed by atoms with E-state index in [1.807, 2.05) is 17.9 Å². The number of piperazine rings is 1. The van der Waals surface area contributed by atoms with Gasteiger partial charge in [0, 0.05) is 32.2 Å². The summed E-state index contributed by atoms with van der Waals surface area (Å²) < 4.78 is 38.7. The van der Waals surface area contributed by atoms with Crippen LogP contribution >= 0.6 is 11.6 Å². The third kappa shape index (κ3) is 5.65. The molecule has 0 saturated carbocycles. The van der Waals surface area contributed by atoms with E-state index < -0.39 is 22.4 Å². The van der Waals surface area contributed by atoms with E-state index >= 15 is 0 Å². The second-order valence-electron chi connectivity index (χ2n) is 7.25.